The van der Waals surface area contributed by atoms with E-state index in [4.69, 9.17) is 4.74 Å². The molecular weight excluding hydrogens is 224 g/mol. The van der Waals surface area contributed by atoms with Gasteiger partial charge in [-0.2, -0.15) is 0 Å². The van der Waals surface area contributed by atoms with Crippen molar-refractivity contribution in [2.75, 3.05) is 11.9 Å². The lowest BCUT2D eigenvalue weighted by Gasteiger charge is -2.29. The second kappa shape index (κ2) is 6.62. The van der Waals surface area contributed by atoms with Crippen LogP contribution in [0.15, 0.2) is 18.3 Å². The van der Waals surface area contributed by atoms with Crippen molar-refractivity contribution in [3.8, 4) is 5.75 Å². The molecule has 18 heavy (non-hydrogen) atoms. The first-order chi connectivity index (χ1) is 8.79. The van der Waals surface area contributed by atoms with Crippen LogP contribution in [-0.2, 0) is 0 Å². The van der Waals surface area contributed by atoms with Gasteiger partial charge in [-0.15, -0.1) is 0 Å². The van der Waals surface area contributed by atoms with Gasteiger partial charge in [-0.25, -0.2) is 4.98 Å². The number of ether oxygens (including phenoxy) is 1. The van der Waals surface area contributed by atoms with Crippen molar-refractivity contribution in [2.24, 2.45) is 5.92 Å². The predicted octanol–water partition coefficient (Wildman–Crippen LogP) is 3.86. The molecule has 0 aliphatic heterocycles. The smallest absolute Gasteiger partial charge is 0.129 e. The highest BCUT2D eigenvalue weighted by Gasteiger charge is 2.22. The highest BCUT2D eigenvalue weighted by Crippen LogP contribution is 2.28. The first-order valence-electron chi connectivity index (χ1n) is 7.16. The number of nitrogens with one attached hydrogen (secondary N) is 1. The van der Waals surface area contributed by atoms with Crippen LogP contribution in [0.1, 0.15) is 46.0 Å². The molecule has 0 saturated heterocycles. The molecule has 1 aromatic heterocycles. The molecule has 3 heteroatoms. The Bertz CT molecular complexity index is 367. The molecule has 0 aromatic carbocycles. The Balaban J connectivity index is 1.95. The van der Waals surface area contributed by atoms with E-state index in [1.165, 1.54) is 25.7 Å². The zero-order valence-corrected chi connectivity index (χ0v) is 11.5. The normalized spacial score (nSPS) is 23.7. The van der Waals surface area contributed by atoms with Gasteiger partial charge in [0.05, 0.1) is 0 Å². The summed E-state index contributed by atoms with van der Waals surface area (Å²) in [5.41, 5.74) is 0. The highest BCUT2D eigenvalue weighted by molar-refractivity contribution is 5.40. The van der Waals surface area contributed by atoms with Gasteiger partial charge < -0.3 is 10.1 Å². The second-order valence-electron chi connectivity index (χ2n) is 5.22. The minimum atomic E-state index is 0.375. The van der Waals surface area contributed by atoms with E-state index < -0.39 is 0 Å². The summed E-state index contributed by atoms with van der Waals surface area (Å²) in [4.78, 5) is 4.30. The third-order valence-corrected chi connectivity index (χ3v) is 3.61. The molecule has 100 valence electrons. The fourth-order valence-corrected chi connectivity index (χ4v) is 2.47. The molecular formula is C15H24N2O. The third kappa shape index (κ3) is 3.62. The lowest BCUT2D eigenvalue weighted by Crippen LogP contribution is -2.28. The van der Waals surface area contributed by atoms with Crippen LogP contribution in [0, 0.1) is 5.92 Å². The average Bonchev–Trinajstić information content (AvgIpc) is 2.40. The Morgan fingerprint density at radius 2 is 2.22 bits per heavy atom. The van der Waals surface area contributed by atoms with Gasteiger partial charge in [-0.3, -0.25) is 0 Å². The van der Waals surface area contributed by atoms with Crippen molar-refractivity contribution in [1.82, 2.24) is 4.98 Å². The Morgan fingerprint density at radius 1 is 1.39 bits per heavy atom. The Hall–Kier alpha value is -1.25. The highest BCUT2D eigenvalue weighted by atomic mass is 16.5. The van der Waals surface area contributed by atoms with Crippen molar-refractivity contribution >= 4 is 5.82 Å². The lowest BCUT2D eigenvalue weighted by atomic mass is 9.88. The van der Waals surface area contributed by atoms with E-state index in [9.17, 15) is 0 Å². The van der Waals surface area contributed by atoms with Gasteiger partial charge in [-0.05, 0) is 37.7 Å². The van der Waals surface area contributed by atoms with Gasteiger partial charge in [0, 0.05) is 18.8 Å². The summed E-state index contributed by atoms with van der Waals surface area (Å²) in [5, 5.41) is 3.29. The Morgan fingerprint density at radius 3 is 3.00 bits per heavy atom. The molecule has 1 saturated carbocycles. The number of hydrogen-bond donors (Lipinski definition) is 1. The molecule has 1 fully saturated rings. The number of aromatic nitrogens is 1. The lowest BCUT2D eigenvalue weighted by molar-refractivity contribution is 0.102. The fourth-order valence-electron chi connectivity index (χ4n) is 2.47. The van der Waals surface area contributed by atoms with E-state index in [1.807, 2.05) is 18.3 Å². The van der Waals surface area contributed by atoms with Gasteiger partial charge >= 0.3 is 0 Å². The minimum absolute atomic E-state index is 0.375. The van der Waals surface area contributed by atoms with E-state index in [2.05, 4.69) is 24.1 Å². The summed E-state index contributed by atoms with van der Waals surface area (Å²) in [5.74, 6) is 2.53. The molecule has 1 aromatic rings. The topological polar surface area (TPSA) is 34.1 Å². The number of rotatable bonds is 5. The summed E-state index contributed by atoms with van der Waals surface area (Å²) in [7, 11) is 0. The molecule has 0 radical (unpaired) electrons. The van der Waals surface area contributed by atoms with E-state index >= 15 is 0 Å². The van der Waals surface area contributed by atoms with Gasteiger partial charge in [-0.1, -0.05) is 20.3 Å². The standard InChI is InChI=1S/C15H24N2O/c1-3-9-16-15-11-13(8-10-17-15)18-14-7-5-4-6-12(14)2/h8,10-12,14H,3-7,9H2,1-2H3,(H,16,17). The van der Waals surface area contributed by atoms with Crippen molar-refractivity contribution in [3.63, 3.8) is 0 Å². The van der Waals surface area contributed by atoms with Gasteiger partial charge in [0.1, 0.15) is 17.7 Å². The maximum Gasteiger partial charge on any atom is 0.129 e. The van der Waals surface area contributed by atoms with Crippen LogP contribution in [0.2, 0.25) is 0 Å². The molecule has 0 bridgehead atoms. The molecule has 1 heterocycles. The van der Waals surface area contributed by atoms with Gasteiger partial charge in [0.2, 0.25) is 0 Å². The fraction of sp³-hybridized carbons (Fsp3) is 0.667. The molecule has 2 atom stereocenters. The minimum Gasteiger partial charge on any atom is -0.490 e. The van der Waals surface area contributed by atoms with Crippen molar-refractivity contribution in [1.29, 1.82) is 0 Å². The van der Waals surface area contributed by atoms with E-state index in [0.717, 1.165) is 24.5 Å². The van der Waals surface area contributed by atoms with Gasteiger partial charge in [0.15, 0.2) is 0 Å². The Labute approximate surface area is 110 Å². The summed E-state index contributed by atoms with van der Waals surface area (Å²) in [6, 6.07) is 3.97. The SMILES string of the molecule is CCCNc1cc(OC2CCCCC2C)ccn1. The summed E-state index contributed by atoms with van der Waals surface area (Å²) in [6.07, 6.45) is 8.41. The van der Waals surface area contributed by atoms with Crippen molar-refractivity contribution in [2.45, 2.75) is 52.1 Å². The zero-order chi connectivity index (χ0) is 12.8. The monoisotopic (exact) mass is 248 g/mol. The number of nitrogens with zero attached hydrogens (tertiary/aromatic N) is 1. The third-order valence-electron chi connectivity index (χ3n) is 3.61. The van der Waals surface area contributed by atoms with E-state index in [1.54, 1.807) is 0 Å². The molecule has 1 aliphatic rings. The maximum atomic E-state index is 6.11. The van der Waals surface area contributed by atoms with Gasteiger partial charge in [0.25, 0.3) is 0 Å². The van der Waals surface area contributed by atoms with Crippen LogP contribution in [0.25, 0.3) is 0 Å². The summed E-state index contributed by atoms with van der Waals surface area (Å²) >= 11 is 0. The van der Waals surface area contributed by atoms with Crippen molar-refractivity contribution in [3.05, 3.63) is 18.3 Å². The summed E-state index contributed by atoms with van der Waals surface area (Å²) in [6.45, 7) is 5.40. The number of hydrogen-bond acceptors (Lipinski definition) is 3. The number of pyridine rings is 1. The second-order valence-corrected chi connectivity index (χ2v) is 5.22. The van der Waals surface area contributed by atoms with Crippen LogP contribution in [0.3, 0.4) is 0 Å². The molecule has 2 unspecified atom stereocenters. The molecule has 0 amide bonds. The molecule has 3 nitrogen and oxygen atoms in total. The number of anilines is 1. The molecule has 1 N–H and O–H groups in total. The summed E-state index contributed by atoms with van der Waals surface area (Å²) < 4.78 is 6.11. The van der Waals surface area contributed by atoms with Crippen LogP contribution < -0.4 is 10.1 Å². The van der Waals surface area contributed by atoms with Crippen LogP contribution in [0.4, 0.5) is 5.82 Å². The molecule has 1 aliphatic carbocycles. The first-order valence-corrected chi connectivity index (χ1v) is 7.16. The quantitative estimate of drug-likeness (QED) is 0.859. The zero-order valence-electron chi connectivity index (χ0n) is 11.5. The average molecular weight is 248 g/mol. The molecule has 0 spiro atoms. The Kier molecular flexibility index (Phi) is 4.85. The molecule has 2 rings (SSSR count). The van der Waals surface area contributed by atoms with Crippen molar-refractivity contribution < 1.29 is 4.74 Å². The van der Waals surface area contributed by atoms with Crippen LogP contribution in [-0.4, -0.2) is 17.6 Å². The largest absolute Gasteiger partial charge is 0.490 e. The van der Waals surface area contributed by atoms with E-state index in [0.29, 0.717) is 12.0 Å². The van der Waals surface area contributed by atoms with Crippen LogP contribution in [0.5, 0.6) is 5.75 Å². The first kappa shape index (κ1) is 13.2. The van der Waals surface area contributed by atoms with Crippen LogP contribution >= 0.6 is 0 Å². The van der Waals surface area contributed by atoms with E-state index in [-0.39, 0.29) is 0 Å². The predicted molar refractivity (Wildman–Crippen MR) is 75.1 cm³/mol. The maximum absolute atomic E-state index is 6.11.